The Labute approximate surface area is 180 Å². The molecule has 32 heavy (non-hydrogen) atoms. The third kappa shape index (κ3) is 4.63. The van der Waals surface area contributed by atoms with E-state index in [1.54, 1.807) is 6.07 Å². The molecule has 1 fully saturated rings. The second-order valence-electron chi connectivity index (χ2n) is 7.40. The van der Waals surface area contributed by atoms with E-state index in [0.717, 1.165) is 17.8 Å². The first-order valence-corrected chi connectivity index (χ1v) is 9.83. The Morgan fingerprint density at radius 1 is 0.906 bits per heavy atom. The van der Waals surface area contributed by atoms with Crippen molar-refractivity contribution in [1.29, 1.82) is 0 Å². The van der Waals surface area contributed by atoms with Crippen LogP contribution in [0.1, 0.15) is 12.8 Å². The minimum atomic E-state index is -5.80. The summed E-state index contributed by atoms with van der Waals surface area (Å²) in [5, 5.41) is 12.6. The molecule has 2 aromatic carbocycles. The van der Waals surface area contributed by atoms with Gasteiger partial charge in [-0.1, -0.05) is 0 Å². The van der Waals surface area contributed by atoms with E-state index >= 15 is 0 Å². The fourth-order valence-corrected chi connectivity index (χ4v) is 3.52. The number of pyridine rings is 1. The number of nitrogens with zero attached hydrogens (tertiary/aromatic N) is 2. The van der Waals surface area contributed by atoms with Crippen molar-refractivity contribution in [3.8, 4) is 17.2 Å². The van der Waals surface area contributed by atoms with Crippen molar-refractivity contribution in [2.24, 2.45) is 0 Å². The lowest BCUT2D eigenvalue weighted by Gasteiger charge is -2.34. The van der Waals surface area contributed by atoms with Gasteiger partial charge in [0.1, 0.15) is 17.6 Å². The number of aromatic nitrogens is 1. The number of ether oxygens (including phenoxy) is 2. The van der Waals surface area contributed by atoms with E-state index < -0.39 is 18.0 Å². The van der Waals surface area contributed by atoms with Gasteiger partial charge in [0.2, 0.25) is 0 Å². The molecule has 3 aromatic rings. The van der Waals surface area contributed by atoms with Crippen molar-refractivity contribution >= 4 is 16.6 Å². The molecule has 1 aliphatic heterocycles. The Bertz CT molecular complexity index is 1080. The van der Waals surface area contributed by atoms with Crippen LogP contribution in [0, 0.1) is 0 Å². The summed E-state index contributed by atoms with van der Waals surface area (Å²) in [4.78, 5) is 6.31. The van der Waals surface area contributed by atoms with Crippen molar-refractivity contribution in [2.45, 2.75) is 31.2 Å². The third-order valence-corrected chi connectivity index (χ3v) is 5.19. The average molecular weight is 453 g/mol. The molecule has 0 N–H and O–H groups in total. The van der Waals surface area contributed by atoms with Crippen molar-refractivity contribution in [3.63, 3.8) is 0 Å². The molecule has 0 aliphatic carbocycles. The third-order valence-electron chi connectivity index (χ3n) is 5.19. The number of anilines is 1. The molecule has 5 nitrogen and oxygen atoms in total. The normalized spacial score (nSPS) is 15.7. The molecule has 1 radical (unpaired) electrons. The van der Waals surface area contributed by atoms with Crippen molar-refractivity contribution < 1.29 is 36.5 Å². The van der Waals surface area contributed by atoms with Crippen LogP contribution in [-0.4, -0.2) is 36.5 Å². The standard InChI is InChI=1S/C22H18F5N2O3/c23-21(24,25)22(26,27)32-17-4-2-15(3-5-17)31-16-8-11-29(12-9-16)14-1-6-19-18(13-14)20(30)7-10-28-19/h1-7,10,13,16H,8-9,11-12H2. The molecule has 0 amide bonds. The number of alkyl halides is 5. The van der Waals surface area contributed by atoms with Gasteiger partial charge in [0.15, 0.2) is 5.75 Å². The summed E-state index contributed by atoms with van der Waals surface area (Å²) >= 11 is 0. The molecule has 0 bridgehead atoms. The zero-order valence-corrected chi connectivity index (χ0v) is 16.6. The molecule has 0 spiro atoms. The van der Waals surface area contributed by atoms with Crippen molar-refractivity contribution in [2.75, 3.05) is 18.0 Å². The summed E-state index contributed by atoms with van der Waals surface area (Å²) in [6.07, 6.45) is -8.40. The highest BCUT2D eigenvalue weighted by Crippen LogP contribution is 2.37. The van der Waals surface area contributed by atoms with Crippen LogP contribution in [0.3, 0.4) is 0 Å². The van der Waals surface area contributed by atoms with Gasteiger partial charge in [-0.05, 0) is 42.5 Å². The number of rotatable bonds is 5. The van der Waals surface area contributed by atoms with Crippen LogP contribution in [0.25, 0.3) is 10.9 Å². The minimum Gasteiger partial charge on any atom is -0.490 e. The van der Waals surface area contributed by atoms with Crippen LogP contribution in [0.2, 0.25) is 0 Å². The van der Waals surface area contributed by atoms with Gasteiger partial charge in [0, 0.05) is 49.3 Å². The molecule has 1 aliphatic rings. The molecule has 1 aromatic heterocycles. The predicted molar refractivity (Wildman–Crippen MR) is 106 cm³/mol. The number of fused-ring (bicyclic) bond motifs is 1. The highest BCUT2D eigenvalue weighted by atomic mass is 19.4. The Hall–Kier alpha value is -3.30. The van der Waals surface area contributed by atoms with Gasteiger partial charge in [0.25, 0.3) is 0 Å². The molecule has 0 saturated carbocycles. The lowest BCUT2D eigenvalue weighted by atomic mass is 10.1. The van der Waals surface area contributed by atoms with Crippen LogP contribution in [0.5, 0.6) is 17.2 Å². The Balaban J connectivity index is 1.34. The lowest BCUT2D eigenvalue weighted by Crippen LogP contribution is -2.41. The highest BCUT2D eigenvalue weighted by Gasteiger charge is 2.61. The fourth-order valence-electron chi connectivity index (χ4n) is 3.52. The van der Waals surface area contributed by atoms with E-state index in [4.69, 9.17) is 4.74 Å². The predicted octanol–water partition coefficient (Wildman–Crippen LogP) is 5.96. The summed E-state index contributed by atoms with van der Waals surface area (Å²) in [7, 11) is 0. The number of piperidine rings is 1. The molecule has 2 heterocycles. The van der Waals surface area contributed by atoms with E-state index in [9.17, 15) is 27.1 Å². The van der Waals surface area contributed by atoms with Crippen LogP contribution < -0.4 is 14.4 Å². The van der Waals surface area contributed by atoms with Gasteiger partial charge in [0.05, 0.1) is 5.52 Å². The monoisotopic (exact) mass is 453 g/mol. The van der Waals surface area contributed by atoms with E-state index in [0.29, 0.717) is 42.6 Å². The summed E-state index contributed by atoms with van der Waals surface area (Å²) in [5.74, 6) is -0.354. The first kappa shape index (κ1) is 21.9. The maximum atomic E-state index is 13.0. The molecule has 0 atom stereocenters. The van der Waals surface area contributed by atoms with Gasteiger partial charge in [-0.2, -0.15) is 22.0 Å². The maximum Gasteiger partial charge on any atom is 0.499 e. The zero-order valence-electron chi connectivity index (χ0n) is 16.6. The summed E-state index contributed by atoms with van der Waals surface area (Å²) in [6, 6.07) is 11.6. The van der Waals surface area contributed by atoms with Gasteiger partial charge >= 0.3 is 12.3 Å². The van der Waals surface area contributed by atoms with Gasteiger partial charge in [-0.15, -0.1) is 0 Å². The second kappa shape index (κ2) is 8.33. The number of hydrogen-bond donors (Lipinski definition) is 0. The molecular formula is C22H18F5N2O3. The average Bonchev–Trinajstić information content (AvgIpc) is 2.75. The van der Waals surface area contributed by atoms with Gasteiger partial charge < -0.3 is 14.4 Å². The van der Waals surface area contributed by atoms with E-state index in [2.05, 4.69) is 14.6 Å². The van der Waals surface area contributed by atoms with Gasteiger partial charge in [-0.25, -0.2) is 0 Å². The second-order valence-corrected chi connectivity index (χ2v) is 7.40. The Morgan fingerprint density at radius 2 is 1.56 bits per heavy atom. The maximum absolute atomic E-state index is 13.0. The van der Waals surface area contributed by atoms with Gasteiger partial charge in [-0.3, -0.25) is 10.1 Å². The highest BCUT2D eigenvalue weighted by molar-refractivity contribution is 5.87. The van der Waals surface area contributed by atoms with Crippen LogP contribution >= 0.6 is 0 Å². The largest absolute Gasteiger partial charge is 0.499 e. The first-order valence-electron chi connectivity index (χ1n) is 9.83. The Kier molecular flexibility index (Phi) is 5.70. The van der Waals surface area contributed by atoms with E-state index in [1.807, 2.05) is 12.1 Å². The molecule has 10 heteroatoms. The van der Waals surface area contributed by atoms with Crippen LogP contribution in [0.15, 0.2) is 54.7 Å². The molecule has 169 valence electrons. The topological polar surface area (TPSA) is 54.5 Å². The number of halogens is 5. The number of benzene rings is 2. The fraction of sp³-hybridized carbons (Fsp3) is 0.318. The van der Waals surface area contributed by atoms with E-state index in [-0.39, 0.29) is 11.9 Å². The van der Waals surface area contributed by atoms with Crippen molar-refractivity contribution in [3.05, 3.63) is 54.7 Å². The van der Waals surface area contributed by atoms with E-state index in [1.165, 1.54) is 24.4 Å². The molecule has 4 rings (SSSR count). The molecule has 0 unspecified atom stereocenters. The Morgan fingerprint density at radius 3 is 2.22 bits per heavy atom. The summed E-state index contributed by atoms with van der Waals surface area (Å²) in [5.41, 5.74) is 1.55. The zero-order chi connectivity index (χ0) is 22.9. The first-order chi connectivity index (χ1) is 15.1. The van der Waals surface area contributed by atoms with Crippen molar-refractivity contribution in [1.82, 2.24) is 4.98 Å². The smallest absolute Gasteiger partial charge is 0.490 e. The SMILES string of the molecule is [O]c1ccnc2ccc(N3CCC(Oc4ccc(OC(F)(F)C(F)(F)F)cc4)CC3)cc12. The quantitative estimate of drug-likeness (QED) is 0.448. The lowest BCUT2D eigenvalue weighted by molar-refractivity contribution is -0.360. The molecular weight excluding hydrogens is 435 g/mol. The number of hydrogen-bond acceptors (Lipinski definition) is 4. The summed E-state index contributed by atoms with van der Waals surface area (Å²) < 4.78 is 72.2. The minimum absolute atomic E-state index is 0.0875. The van der Waals surface area contributed by atoms with Crippen LogP contribution in [0.4, 0.5) is 27.6 Å². The van der Waals surface area contributed by atoms with Crippen LogP contribution in [-0.2, 0) is 5.11 Å². The summed E-state index contributed by atoms with van der Waals surface area (Å²) in [6.45, 7) is 1.34. The molecule has 1 saturated heterocycles.